The number of rotatable bonds is 5. The maximum Gasteiger partial charge on any atom is 0.243 e. The molecule has 5 aliphatic rings. The fourth-order valence-electron chi connectivity index (χ4n) is 6.39. The summed E-state index contributed by atoms with van der Waals surface area (Å²) in [7, 11) is 0. The van der Waals surface area contributed by atoms with Crippen molar-refractivity contribution in [3.63, 3.8) is 0 Å². The van der Waals surface area contributed by atoms with E-state index >= 15 is 0 Å². The minimum absolute atomic E-state index is 0.105. The Labute approximate surface area is 152 Å². The highest BCUT2D eigenvalue weighted by atomic mass is 16.5. The lowest BCUT2D eigenvalue weighted by Crippen LogP contribution is -2.48. The van der Waals surface area contributed by atoms with Gasteiger partial charge in [0.25, 0.3) is 0 Å². The molecular weight excluding hydrogens is 312 g/mol. The van der Waals surface area contributed by atoms with Gasteiger partial charge < -0.3 is 10.1 Å². The predicted molar refractivity (Wildman–Crippen MR) is 99.2 cm³/mol. The van der Waals surface area contributed by atoms with E-state index in [0.29, 0.717) is 11.5 Å². The summed E-state index contributed by atoms with van der Waals surface area (Å²) in [6.07, 6.45) is 10.3. The number of allylic oxidation sites excluding steroid dienone is 1. The summed E-state index contributed by atoms with van der Waals surface area (Å²) < 4.78 is 5.41. The number of amides is 1. The summed E-state index contributed by atoms with van der Waals surface area (Å²) in [5.74, 6) is 2.89. The van der Waals surface area contributed by atoms with Crippen molar-refractivity contribution in [2.75, 3.05) is 32.8 Å². The Hall–Kier alpha value is -0.870. The SMILES string of the molecule is CC(=CC(=O)NCC(C)N1CCOCC1)C12CC3CC(CC(C3)C1)C2. The highest BCUT2D eigenvalue weighted by Crippen LogP contribution is 2.62. The highest BCUT2D eigenvalue weighted by molar-refractivity contribution is 5.88. The third kappa shape index (κ3) is 3.66. The molecule has 1 saturated heterocycles. The minimum Gasteiger partial charge on any atom is -0.379 e. The molecule has 5 fully saturated rings. The van der Waals surface area contributed by atoms with Gasteiger partial charge in [0.15, 0.2) is 0 Å². The molecule has 1 amide bonds. The maximum absolute atomic E-state index is 12.5. The topological polar surface area (TPSA) is 41.6 Å². The van der Waals surface area contributed by atoms with Crippen LogP contribution < -0.4 is 5.32 Å². The van der Waals surface area contributed by atoms with E-state index < -0.39 is 0 Å². The second-order valence-corrected chi connectivity index (χ2v) is 9.27. The molecule has 4 bridgehead atoms. The Morgan fingerprint density at radius 2 is 1.72 bits per heavy atom. The molecule has 4 heteroatoms. The summed E-state index contributed by atoms with van der Waals surface area (Å²) in [4.78, 5) is 14.9. The average Bonchev–Trinajstić information content (AvgIpc) is 2.59. The molecule has 1 unspecified atom stereocenters. The fraction of sp³-hybridized carbons (Fsp3) is 0.857. The van der Waals surface area contributed by atoms with Gasteiger partial charge in [0.2, 0.25) is 5.91 Å². The van der Waals surface area contributed by atoms with Crippen LogP contribution in [-0.2, 0) is 9.53 Å². The van der Waals surface area contributed by atoms with Crippen LogP contribution in [0.25, 0.3) is 0 Å². The summed E-state index contributed by atoms with van der Waals surface area (Å²) in [6.45, 7) is 8.70. The normalized spacial score (nSPS) is 39.4. The van der Waals surface area contributed by atoms with Crippen LogP contribution in [0, 0.1) is 23.2 Å². The Bertz CT molecular complexity index is 501. The lowest BCUT2D eigenvalue weighted by Gasteiger charge is -2.57. The molecule has 0 aromatic carbocycles. The molecule has 4 saturated carbocycles. The van der Waals surface area contributed by atoms with Crippen molar-refractivity contribution >= 4 is 5.91 Å². The third-order valence-corrected chi connectivity index (χ3v) is 7.46. The third-order valence-electron chi connectivity index (χ3n) is 7.46. The lowest BCUT2D eigenvalue weighted by atomic mass is 9.48. The standard InChI is InChI=1S/C21H34N2O2/c1-15(21-11-17-8-18(12-21)10-19(9-17)13-21)7-20(24)22-14-16(2)23-3-5-25-6-4-23/h7,16-19H,3-6,8-14H2,1-2H3,(H,22,24). The largest absolute Gasteiger partial charge is 0.379 e. The Morgan fingerprint density at radius 3 is 2.28 bits per heavy atom. The maximum atomic E-state index is 12.5. The number of nitrogens with zero attached hydrogens (tertiary/aromatic N) is 1. The van der Waals surface area contributed by atoms with E-state index in [-0.39, 0.29) is 5.91 Å². The quantitative estimate of drug-likeness (QED) is 0.778. The summed E-state index contributed by atoms with van der Waals surface area (Å²) in [5, 5.41) is 3.14. The number of nitrogens with one attached hydrogen (secondary N) is 1. The first-order valence-electron chi connectivity index (χ1n) is 10.3. The molecule has 140 valence electrons. The number of hydrogen-bond donors (Lipinski definition) is 1. The van der Waals surface area contributed by atoms with E-state index in [0.717, 1.165) is 50.6 Å². The average molecular weight is 347 g/mol. The van der Waals surface area contributed by atoms with Crippen LogP contribution in [0.5, 0.6) is 0 Å². The van der Waals surface area contributed by atoms with E-state index in [1.165, 1.54) is 44.1 Å². The van der Waals surface area contributed by atoms with Crippen LogP contribution in [0.15, 0.2) is 11.6 Å². The van der Waals surface area contributed by atoms with E-state index in [2.05, 4.69) is 24.1 Å². The summed E-state index contributed by atoms with van der Waals surface area (Å²) >= 11 is 0. The first kappa shape index (κ1) is 17.5. The van der Waals surface area contributed by atoms with Crippen molar-refractivity contribution in [1.82, 2.24) is 10.2 Å². The molecule has 25 heavy (non-hydrogen) atoms. The van der Waals surface area contributed by atoms with E-state index in [1.54, 1.807) is 0 Å². The van der Waals surface area contributed by atoms with Crippen LogP contribution in [0.2, 0.25) is 0 Å². The molecule has 0 aromatic rings. The number of hydrogen-bond acceptors (Lipinski definition) is 3. The van der Waals surface area contributed by atoms with Gasteiger partial charge in [0.1, 0.15) is 0 Å². The van der Waals surface area contributed by atoms with Gasteiger partial charge in [0.05, 0.1) is 13.2 Å². The Kier molecular flexibility index (Phi) is 4.93. The first-order valence-corrected chi connectivity index (χ1v) is 10.3. The van der Waals surface area contributed by atoms with Crippen molar-refractivity contribution in [3.05, 3.63) is 11.6 Å². The Balaban J connectivity index is 1.33. The van der Waals surface area contributed by atoms with Gasteiger partial charge in [-0.1, -0.05) is 5.57 Å². The van der Waals surface area contributed by atoms with E-state index in [4.69, 9.17) is 4.74 Å². The molecule has 1 atom stereocenters. The second-order valence-electron chi connectivity index (χ2n) is 9.27. The van der Waals surface area contributed by atoms with Crippen LogP contribution in [0.4, 0.5) is 0 Å². The lowest BCUT2D eigenvalue weighted by molar-refractivity contribution is -0.117. The molecule has 5 rings (SSSR count). The molecule has 4 aliphatic carbocycles. The minimum atomic E-state index is 0.105. The van der Waals surface area contributed by atoms with E-state index in [9.17, 15) is 4.79 Å². The predicted octanol–water partition coefficient (Wildman–Crippen LogP) is 2.99. The fourth-order valence-corrected chi connectivity index (χ4v) is 6.39. The van der Waals surface area contributed by atoms with Crippen LogP contribution in [0.1, 0.15) is 52.4 Å². The van der Waals surface area contributed by atoms with Gasteiger partial charge in [-0.25, -0.2) is 0 Å². The van der Waals surface area contributed by atoms with Gasteiger partial charge >= 0.3 is 0 Å². The monoisotopic (exact) mass is 346 g/mol. The number of ether oxygens (including phenoxy) is 1. The van der Waals surface area contributed by atoms with Crippen LogP contribution >= 0.6 is 0 Å². The van der Waals surface area contributed by atoms with Gasteiger partial charge in [0, 0.05) is 31.8 Å². The Morgan fingerprint density at radius 1 is 1.16 bits per heavy atom. The van der Waals surface area contributed by atoms with Crippen molar-refractivity contribution in [2.24, 2.45) is 23.2 Å². The smallest absolute Gasteiger partial charge is 0.243 e. The highest BCUT2D eigenvalue weighted by Gasteiger charge is 2.51. The molecule has 1 heterocycles. The molecule has 0 spiro atoms. The van der Waals surface area contributed by atoms with Crippen molar-refractivity contribution in [2.45, 2.75) is 58.4 Å². The zero-order chi connectivity index (χ0) is 17.4. The van der Waals surface area contributed by atoms with Gasteiger partial charge in [-0.15, -0.1) is 0 Å². The molecular formula is C21H34N2O2. The molecule has 0 aromatic heterocycles. The van der Waals surface area contributed by atoms with Crippen molar-refractivity contribution in [3.8, 4) is 0 Å². The first-order chi connectivity index (χ1) is 12.0. The van der Waals surface area contributed by atoms with Gasteiger partial charge in [-0.05, 0) is 75.5 Å². The van der Waals surface area contributed by atoms with Crippen LogP contribution in [-0.4, -0.2) is 49.7 Å². The molecule has 0 radical (unpaired) electrons. The second kappa shape index (κ2) is 7.03. The zero-order valence-corrected chi connectivity index (χ0v) is 15.9. The van der Waals surface area contributed by atoms with E-state index in [1.807, 2.05) is 6.08 Å². The molecule has 1 aliphatic heterocycles. The number of carbonyl (C=O) groups is 1. The summed E-state index contributed by atoms with van der Waals surface area (Å²) in [5.41, 5.74) is 1.70. The zero-order valence-electron chi connectivity index (χ0n) is 15.9. The number of morpholine rings is 1. The molecule has 1 N–H and O–H groups in total. The number of carbonyl (C=O) groups excluding carboxylic acids is 1. The summed E-state index contributed by atoms with van der Waals surface area (Å²) in [6, 6.07) is 0.376. The van der Waals surface area contributed by atoms with Gasteiger partial charge in [-0.2, -0.15) is 0 Å². The van der Waals surface area contributed by atoms with Crippen molar-refractivity contribution in [1.29, 1.82) is 0 Å². The van der Waals surface area contributed by atoms with Crippen molar-refractivity contribution < 1.29 is 9.53 Å². The van der Waals surface area contributed by atoms with Crippen LogP contribution in [0.3, 0.4) is 0 Å². The molecule has 4 nitrogen and oxygen atoms in total. The van der Waals surface area contributed by atoms with Gasteiger partial charge in [-0.3, -0.25) is 9.69 Å².